The second-order valence-corrected chi connectivity index (χ2v) is 8.17. The molecule has 1 aliphatic rings. The fourth-order valence-electron chi connectivity index (χ4n) is 3.92. The molecule has 4 rings (SSSR count). The topological polar surface area (TPSA) is 119 Å². The number of fused-ring (bicyclic) bond motifs is 1. The largest absolute Gasteiger partial charge is 0.334 e. The first-order valence-electron chi connectivity index (χ1n) is 10.7. The number of pyridine rings is 1. The van der Waals surface area contributed by atoms with Gasteiger partial charge in [-0.3, -0.25) is 14.3 Å². The Morgan fingerprint density at radius 1 is 1.23 bits per heavy atom. The van der Waals surface area contributed by atoms with E-state index in [2.05, 4.69) is 25.4 Å². The summed E-state index contributed by atoms with van der Waals surface area (Å²) in [5.41, 5.74) is 0.691. The molecule has 4 heterocycles. The summed E-state index contributed by atoms with van der Waals surface area (Å²) in [5, 5.41) is 7.96. The molecular formula is C21H28N6O3. The first-order chi connectivity index (χ1) is 14.5. The van der Waals surface area contributed by atoms with E-state index in [1.54, 1.807) is 0 Å². The van der Waals surface area contributed by atoms with Gasteiger partial charge in [-0.2, -0.15) is 4.98 Å². The summed E-state index contributed by atoms with van der Waals surface area (Å²) >= 11 is 0. The molecule has 2 N–H and O–H groups in total. The zero-order valence-electron chi connectivity index (χ0n) is 17.7. The van der Waals surface area contributed by atoms with Crippen molar-refractivity contribution in [2.24, 2.45) is 0 Å². The predicted molar refractivity (Wildman–Crippen MR) is 114 cm³/mol. The van der Waals surface area contributed by atoms with Crippen LogP contribution in [-0.4, -0.2) is 31.2 Å². The Labute approximate surface area is 173 Å². The van der Waals surface area contributed by atoms with Gasteiger partial charge in [0.25, 0.3) is 11.4 Å². The smallest absolute Gasteiger partial charge is 0.329 e. The summed E-state index contributed by atoms with van der Waals surface area (Å²) < 4.78 is 7.11. The van der Waals surface area contributed by atoms with E-state index in [4.69, 9.17) is 4.52 Å². The third kappa shape index (κ3) is 3.81. The van der Waals surface area contributed by atoms with E-state index in [1.807, 2.05) is 26.8 Å². The maximum Gasteiger partial charge on any atom is 0.329 e. The van der Waals surface area contributed by atoms with Gasteiger partial charge in [0.1, 0.15) is 0 Å². The van der Waals surface area contributed by atoms with Gasteiger partial charge in [0.15, 0.2) is 11.5 Å². The molecule has 0 saturated carbocycles. The van der Waals surface area contributed by atoms with Crippen molar-refractivity contribution >= 4 is 11.0 Å². The average Bonchev–Trinajstić information content (AvgIpc) is 3.05. The molecule has 1 aliphatic heterocycles. The minimum absolute atomic E-state index is 0.0410. The van der Waals surface area contributed by atoms with E-state index >= 15 is 0 Å². The zero-order chi connectivity index (χ0) is 21.3. The second kappa shape index (κ2) is 8.51. The van der Waals surface area contributed by atoms with E-state index in [9.17, 15) is 9.59 Å². The van der Waals surface area contributed by atoms with Crippen LogP contribution < -0.4 is 16.6 Å². The molecule has 1 saturated heterocycles. The molecule has 1 fully saturated rings. The van der Waals surface area contributed by atoms with Gasteiger partial charge in [0.2, 0.25) is 0 Å². The molecule has 30 heavy (non-hydrogen) atoms. The van der Waals surface area contributed by atoms with Crippen molar-refractivity contribution < 1.29 is 4.52 Å². The highest BCUT2D eigenvalue weighted by Gasteiger charge is 2.24. The van der Waals surface area contributed by atoms with Crippen LogP contribution in [-0.2, 0) is 6.54 Å². The van der Waals surface area contributed by atoms with E-state index in [0.29, 0.717) is 29.0 Å². The van der Waals surface area contributed by atoms with Crippen LogP contribution in [0.3, 0.4) is 0 Å². The van der Waals surface area contributed by atoms with Crippen molar-refractivity contribution in [2.75, 3.05) is 6.54 Å². The van der Waals surface area contributed by atoms with Crippen LogP contribution in [0.4, 0.5) is 0 Å². The number of hydrogen-bond donors (Lipinski definition) is 2. The van der Waals surface area contributed by atoms with Gasteiger partial charge in [-0.25, -0.2) is 9.78 Å². The SMILES string of the molecule is CCCn1c(=O)[nH]c(=O)c2c(-c3nc(C4CCCCCN4)no3)cc(C(C)C)nc21. The Morgan fingerprint density at radius 2 is 2.07 bits per heavy atom. The van der Waals surface area contributed by atoms with Crippen molar-refractivity contribution in [2.45, 2.75) is 71.4 Å². The summed E-state index contributed by atoms with van der Waals surface area (Å²) in [4.78, 5) is 36.9. The highest BCUT2D eigenvalue weighted by Crippen LogP contribution is 2.29. The maximum atomic E-state index is 12.8. The van der Waals surface area contributed by atoms with Gasteiger partial charge in [0.05, 0.1) is 17.0 Å². The highest BCUT2D eigenvalue weighted by atomic mass is 16.5. The Morgan fingerprint density at radius 3 is 2.83 bits per heavy atom. The predicted octanol–water partition coefficient (Wildman–Crippen LogP) is 2.87. The Hall–Kier alpha value is -2.81. The lowest BCUT2D eigenvalue weighted by Crippen LogP contribution is -2.31. The summed E-state index contributed by atoms with van der Waals surface area (Å²) in [6.07, 6.45) is 5.12. The Balaban J connectivity index is 1.91. The summed E-state index contributed by atoms with van der Waals surface area (Å²) in [7, 11) is 0. The fourth-order valence-corrected chi connectivity index (χ4v) is 3.92. The van der Waals surface area contributed by atoms with Gasteiger partial charge >= 0.3 is 5.69 Å². The molecule has 3 aromatic heterocycles. The van der Waals surface area contributed by atoms with Crippen LogP contribution in [0.5, 0.6) is 0 Å². The van der Waals surface area contributed by atoms with E-state index in [1.165, 1.54) is 11.0 Å². The summed E-state index contributed by atoms with van der Waals surface area (Å²) in [6.45, 7) is 7.39. The van der Waals surface area contributed by atoms with Crippen LogP contribution in [0, 0.1) is 0 Å². The van der Waals surface area contributed by atoms with E-state index in [-0.39, 0.29) is 17.9 Å². The molecule has 0 aliphatic carbocycles. The number of nitrogens with one attached hydrogen (secondary N) is 2. The van der Waals surface area contributed by atoms with E-state index < -0.39 is 11.2 Å². The lowest BCUT2D eigenvalue weighted by atomic mass is 10.0. The van der Waals surface area contributed by atoms with Gasteiger partial charge in [-0.1, -0.05) is 38.8 Å². The molecule has 0 radical (unpaired) electrons. The Bertz CT molecular complexity index is 1150. The number of rotatable bonds is 5. The first kappa shape index (κ1) is 20.5. The highest BCUT2D eigenvalue weighted by molar-refractivity contribution is 5.89. The molecule has 9 heteroatoms. The maximum absolute atomic E-state index is 12.8. The van der Waals surface area contributed by atoms with Crippen LogP contribution in [0.15, 0.2) is 20.2 Å². The van der Waals surface area contributed by atoms with Crippen LogP contribution in [0.2, 0.25) is 0 Å². The monoisotopic (exact) mass is 412 g/mol. The van der Waals surface area contributed by atoms with Gasteiger partial charge < -0.3 is 9.84 Å². The minimum atomic E-state index is -0.493. The normalized spacial score (nSPS) is 17.5. The van der Waals surface area contributed by atoms with Crippen molar-refractivity contribution in [3.05, 3.63) is 38.4 Å². The third-order valence-electron chi connectivity index (χ3n) is 5.55. The average molecular weight is 412 g/mol. The lowest BCUT2D eigenvalue weighted by Gasteiger charge is -2.13. The van der Waals surface area contributed by atoms with Gasteiger partial charge in [0, 0.05) is 12.2 Å². The first-order valence-corrected chi connectivity index (χ1v) is 10.7. The molecule has 0 amide bonds. The fraction of sp³-hybridized carbons (Fsp3) is 0.571. The van der Waals surface area contributed by atoms with Crippen molar-refractivity contribution in [1.82, 2.24) is 30.0 Å². The van der Waals surface area contributed by atoms with Crippen LogP contribution in [0.1, 0.15) is 76.4 Å². The lowest BCUT2D eigenvalue weighted by molar-refractivity contribution is 0.402. The quantitative estimate of drug-likeness (QED) is 0.661. The molecule has 3 aromatic rings. The number of aromatic amines is 1. The van der Waals surface area contributed by atoms with E-state index in [0.717, 1.165) is 37.9 Å². The van der Waals surface area contributed by atoms with Crippen LogP contribution >= 0.6 is 0 Å². The van der Waals surface area contributed by atoms with Gasteiger partial charge in [-0.05, 0) is 37.8 Å². The Kier molecular flexibility index (Phi) is 5.80. The molecule has 9 nitrogen and oxygen atoms in total. The number of aryl methyl sites for hydroxylation is 1. The van der Waals surface area contributed by atoms with Crippen LogP contribution in [0.25, 0.3) is 22.5 Å². The summed E-state index contributed by atoms with van der Waals surface area (Å²) in [6, 6.07) is 1.86. The number of hydrogen-bond acceptors (Lipinski definition) is 7. The van der Waals surface area contributed by atoms with Crippen molar-refractivity contribution in [1.29, 1.82) is 0 Å². The van der Waals surface area contributed by atoms with Gasteiger partial charge in [-0.15, -0.1) is 0 Å². The number of nitrogens with zero attached hydrogens (tertiary/aromatic N) is 4. The molecule has 160 valence electrons. The number of H-pyrrole nitrogens is 1. The van der Waals surface area contributed by atoms with Crippen molar-refractivity contribution in [3.8, 4) is 11.5 Å². The minimum Gasteiger partial charge on any atom is -0.334 e. The molecule has 1 unspecified atom stereocenters. The molecular weight excluding hydrogens is 384 g/mol. The van der Waals surface area contributed by atoms with Crippen molar-refractivity contribution in [3.63, 3.8) is 0 Å². The molecule has 0 aromatic carbocycles. The second-order valence-electron chi connectivity index (χ2n) is 8.17. The number of aromatic nitrogens is 5. The molecule has 1 atom stereocenters. The third-order valence-corrected chi connectivity index (χ3v) is 5.55. The molecule has 0 spiro atoms. The summed E-state index contributed by atoms with van der Waals surface area (Å²) in [5.74, 6) is 0.974. The molecule has 0 bridgehead atoms. The standard InChI is InChI=1S/C21H28N6O3/c1-4-10-27-18-16(19(28)25-21(27)29)13(11-15(23-18)12(2)3)20-24-17(26-30-20)14-8-6-5-7-9-22-14/h11-12,14,22H,4-10H2,1-3H3,(H,25,28,29). The zero-order valence-corrected chi connectivity index (χ0v) is 17.7.